The molecule has 1 atom stereocenters. The van der Waals surface area contributed by atoms with Gasteiger partial charge >= 0.3 is 0 Å². The lowest BCUT2D eigenvalue weighted by atomic mass is 9.96. The van der Waals surface area contributed by atoms with Crippen LogP contribution in [0.3, 0.4) is 0 Å². The van der Waals surface area contributed by atoms with Crippen molar-refractivity contribution in [2.75, 3.05) is 26.7 Å². The second kappa shape index (κ2) is 9.92. The number of aromatic amines is 1. The summed E-state index contributed by atoms with van der Waals surface area (Å²) in [4.78, 5) is 29.3. The molecule has 0 unspecified atom stereocenters. The maximum Gasteiger partial charge on any atom is 0.237 e. The van der Waals surface area contributed by atoms with Crippen LogP contribution >= 0.6 is 0 Å². The van der Waals surface area contributed by atoms with Gasteiger partial charge in [0.25, 0.3) is 0 Å². The van der Waals surface area contributed by atoms with Gasteiger partial charge in [-0.25, -0.2) is 0 Å². The van der Waals surface area contributed by atoms with Gasteiger partial charge < -0.3 is 10.2 Å². The number of hydrogen-bond donors (Lipinski definition) is 2. The van der Waals surface area contributed by atoms with E-state index < -0.39 is 6.04 Å². The first-order valence-corrected chi connectivity index (χ1v) is 11.1. The fourth-order valence-electron chi connectivity index (χ4n) is 4.41. The highest BCUT2D eigenvalue weighted by Gasteiger charge is 2.32. The minimum atomic E-state index is -0.447. The third kappa shape index (κ3) is 5.22. The molecular weight excluding hydrogens is 390 g/mol. The van der Waals surface area contributed by atoms with E-state index in [9.17, 15) is 9.59 Å². The molecule has 7 nitrogen and oxygen atoms in total. The van der Waals surface area contributed by atoms with E-state index in [2.05, 4.69) is 32.6 Å². The number of aryl methyl sites for hydroxylation is 1. The normalized spacial score (nSPS) is 19.3. The van der Waals surface area contributed by atoms with E-state index in [4.69, 9.17) is 0 Å². The number of benzene rings is 1. The maximum atomic E-state index is 13.0. The van der Waals surface area contributed by atoms with E-state index in [0.717, 1.165) is 30.6 Å². The van der Waals surface area contributed by atoms with Crippen LogP contribution in [0.5, 0.6) is 0 Å². The van der Waals surface area contributed by atoms with Crippen molar-refractivity contribution in [1.82, 2.24) is 25.3 Å². The van der Waals surface area contributed by atoms with Crippen molar-refractivity contribution in [3.8, 4) is 0 Å². The van der Waals surface area contributed by atoms with Crippen LogP contribution in [0.2, 0.25) is 0 Å². The van der Waals surface area contributed by atoms with E-state index in [1.54, 1.807) is 11.9 Å². The zero-order valence-corrected chi connectivity index (χ0v) is 18.1. The Morgan fingerprint density at radius 1 is 1.26 bits per heavy atom. The molecule has 0 bridgehead atoms. The van der Waals surface area contributed by atoms with Crippen LogP contribution < -0.4 is 5.32 Å². The van der Waals surface area contributed by atoms with E-state index >= 15 is 0 Å². The molecule has 7 heteroatoms. The molecule has 1 aliphatic heterocycles. The lowest BCUT2D eigenvalue weighted by Crippen LogP contribution is -2.56. The molecule has 0 radical (unpaired) electrons. The lowest BCUT2D eigenvalue weighted by molar-refractivity contribution is -0.138. The summed E-state index contributed by atoms with van der Waals surface area (Å²) in [6, 6.07) is 9.64. The average Bonchev–Trinajstić information content (AvgIpc) is 3.19. The van der Waals surface area contributed by atoms with Gasteiger partial charge in [0, 0.05) is 32.4 Å². The Balaban J connectivity index is 1.36. The van der Waals surface area contributed by atoms with Gasteiger partial charge in [0.2, 0.25) is 11.8 Å². The zero-order valence-electron chi connectivity index (χ0n) is 18.1. The number of carbonyl (C=O) groups is 2. The Labute approximate surface area is 183 Å². The Kier molecular flexibility index (Phi) is 6.82. The van der Waals surface area contributed by atoms with Crippen LogP contribution in [0.1, 0.15) is 41.8 Å². The number of nitrogens with zero attached hydrogens (tertiary/aromatic N) is 3. The second-order valence-electron chi connectivity index (χ2n) is 8.40. The Morgan fingerprint density at radius 2 is 2.06 bits per heavy atom. The molecule has 164 valence electrons. The van der Waals surface area contributed by atoms with Gasteiger partial charge in [-0.1, -0.05) is 42.5 Å². The molecule has 0 saturated carbocycles. The van der Waals surface area contributed by atoms with E-state index in [1.165, 1.54) is 24.1 Å². The molecule has 1 aliphatic carbocycles. The molecule has 2 heterocycles. The molecule has 1 aromatic heterocycles. The largest absolute Gasteiger partial charge is 0.353 e. The molecule has 2 aromatic rings. The van der Waals surface area contributed by atoms with Crippen LogP contribution in [0.25, 0.3) is 6.08 Å². The molecule has 1 saturated heterocycles. The third-order valence-electron chi connectivity index (χ3n) is 6.21. The number of H-pyrrole nitrogens is 1. The molecule has 31 heavy (non-hydrogen) atoms. The summed E-state index contributed by atoms with van der Waals surface area (Å²) in [5.74, 6) is -0.107. The molecule has 4 rings (SSSR count). The first-order valence-electron chi connectivity index (χ1n) is 11.1. The fourth-order valence-corrected chi connectivity index (χ4v) is 4.41. The summed E-state index contributed by atoms with van der Waals surface area (Å²) < 4.78 is 0. The number of nitrogens with one attached hydrogen (secondary N) is 2. The SMILES string of the molecule is CN(Cc1n[nH]c2c1CCCC2)C(=O)C[C@@H]1C(=O)NCCN1C/C=C/c1ccccc1. The minimum absolute atomic E-state index is 0.0355. The summed E-state index contributed by atoms with van der Waals surface area (Å²) in [7, 11) is 1.80. The van der Waals surface area contributed by atoms with Crippen molar-refractivity contribution in [2.24, 2.45) is 0 Å². The van der Waals surface area contributed by atoms with Gasteiger partial charge in [0.05, 0.1) is 24.7 Å². The van der Waals surface area contributed by atoms with Crippen molar-refractivity contribution in [3.63, 3.8) is 0 Å². The summed E-state index contributed by atoms with van der Waals surface area (Å²) >= 11 is 0. The van der Waals surface area contributed by atoms with Crippen LogP contribution in [0, 0.1) is 0 Å². The number of carbonyl (C=O) groups excluding carboxylic acids is 2. The highest BCUT2D eigenvalue weighted by atomic mass is 16.2. The molecular formula is C24H31N5O2. The third-order valence-corrected chi connectivity index (χ3v) is 6.21. The second-order valence-corrected chi connectivity index (χ2v) is 8.40. The Bertz CT molecular complexity index is 937. The van der Waals surface area contributed by atoms with Gasteiger partial charge in [-0.15, -0.1) is 0 Å². The van der Waals surface area contributed by atoms with Crippen molar-refractivity contribution in [3.05, 3.63) is 58.9 Å². The summed E-state index contributed by atoms with van der Waals surface area (Å²) in [6.07, 6.45) is 8.71. The maximum absolute atomic E-state index is 13.0. The van der Waals surface area contributed by atoms with Crippen LogP contribution in [-0.4, -0.2) is 64.5 Å². The standard InChI is InChI=1S/C24H31N5O2/c1-28(17-21-19-11-5-6-12-20(19)26-27-21)23(30)16-22-24(31)25-13-15-29(22)14-7-10-18-8-3-2-4-9-18/h2-4,7-10,22H,5-6,11-17H2,1H3,(H,25,31)(H,26,27)/b10-7+/t22-/m1/s1. The number of rotatable bonds is 7. The zero-order chi connectivity index (χ0) is 21.6. The highest BCUT2D eigenvalue weighted by molar-refractivity contribution is 5.88. The van der Waals surface area contributed by atoms with Crippen molar-refractivity contribution < 1.29 is 9.59 Å². The van der Waals surface area contributed by atoms with Crippen molar-refractivity contribution in [1.29, 1.82) is 0 Å². The summed E-state index contributed by atoms with van der Waals surface area (Å²) in [5, 5.41) is 10.5. The van der Waals surface area contributed by atoms with Crippen LogP contribution in [-0.2, 0) is 29.0 Å². The number of amides is 2. The number of hydrogen-bond acceptors (Lipinski definition) is 4. The van der Waals surface area contributed by atoms with Crippen molar-refractivity contribution >= 4 is 17.9 Å². The fraction of sp³-hybridized carbons (Fsp3) is 0.458. The summed E-state index contributed by atoms with van der Waals surface area (Å²) in [5.41, 5.74) is 4.57. The number of fused-ring (bicyclic) bond motifs is 1. The van der Waals surface area contributed by atoms with Gasteiger partial charge in [-0.05, 0) is 36.8 Å². The Hall–Kier alpha value is -2.93. The van der Waals surface area contributed by atoms with E-state index in [-0.39, 0.29) is 18.2 Å². The molecule has 0 spiro atoms. The van der Waals surface area contributed by atoms with Gasteiger partial charge in [0.15, 0.2) is 0 Å². The first kappa shape index (κ1) is 21.3. The van der Waals surface area contributed by atoms with Gasteiger partial charge in [-0.2, -0.15) is 5.10 Å². The number of aromatic nitrogens is 2. The van der Waals surface area contributed by atoms with Crippen LogP contribution in [0.4, 0.5) is 0 Å². The molecule has 2 aliphatic rings. The number of piperazine rings is 1. The van der Waals surface area contributed by atoms with Crippen LogP contribution in [0.15, 0.2) is 36.4 Å². The van der Waals surface area contributed by atoms with E-state index in [1.807, 2.05) is 30.3 Å². The van der Waals surface area contributed by atoms with Gasteiger partial charge in [-0.3, -0.25) is 19.6 Å². The minimum Gasteiger partial charge on any atom is -0.353 e. The predicted molar refractivity (Wildman–Crippen MR) is 120 cm³/mol. The summed E-state index contributed by atoms with van der Waals surface area (Å²) in [6.45, 7) is 2.46. The molecule has 2 amide bonds. The topological polar surface area (TPSA) is 81.3 Å². The van der Waals surface area contributed by atoms with E-state index in [0.29, 0.717) is 19.6 Å². The van der Waals surface area contributed by atoms with Gasteiger partial charge in [0.1, 0.15) is 0 Å². The molecule has 2 N–H and O–H groups in total. The lowest BCUT2D eigenvalue weighted by Gasteiger charge is -2.34. The monoisotopic (exact) mass is 421 g/mol. The first-order chi connectivity index (χ1) is 15.1. The van der Waals surface area contributed by atoms with Crippen molar-refractivity contribution in [2.45, 2.75) is 44.7 Å². The molecule has 1 aromatic carbocycles. The quantitative estimate of drug-likeness (QED) is 0.718. The Morgan fingerprint density at radius 3 is 2.90 bits per heavy atom. The predicted octanol–water partition coefficient (Wildman–Crippen LogP) is 2.15. The average molecular weight is 422 g/mol. The smallest absolute Gasteiger partial charge is 0.237 e. The molecule has 1 fully saturated rings. The highest BCUT2D eigenvalue weighted by Crippen LogP contribution is 2.23.